The average Bonchev–Trinajstić information content (AvgIpc) is 3.18. The molecular formula is C23H20F2N2O5. The molecule has 2 aliphatic heterocycles. The van der Waals surface area contributed by atoms with E-state index in [1.54, 1.807) is 4.90 Å². The molecule has 166 valence electrons. The van der Waals surface area contributed by atoms with Gasteiger partial charge >= 0.3 is 5.97 Å². The largest absolute Gasteiger partial charge is 0.478 e. The fourth-order valence-corrected chi connectivity index (χ4v) is 4.36. The van der Waals surface area contributed by atoms with Crippen molar-refractivity contribution in [2.24, 2.45) is 0 Å². The van der Waals surface area contributed by atoms with Crippen molar-refractivity contribution >= 4 is 28.5 Å². The van der Waals surface area contributed by atoms with Gasteiger partial charge in [0.05, 0.1) is 36.3 Å². The van der Waals surface area contributed by atoms with Crippen molar-refractivity contribution in [1.29, 1.82) is 0 Å². The molecule has 1 saturated heterocycles. The zero-order chi connectivity index (χ0) is 22.4. The molecule has 9 heteroatoms. The summed E-state index contributed by atoms with van der Waals surface area (Å²) < 4.78 is 39.6. The monoisotopic (exact) mass is 442 g/mol. The number of rotatable bonds is 4. The van der Waals surface area contributed by atoms with Crippen molar-refractivity contribution in [3.63, 3.8) is 0 Å². The quantitative estimate of drug-likeness (QED) is 0.665. The van der Waals surface area contributed by atoms with Crippen molar-refractivity contribution in [1.82, 2.24) is 0 Å². The second-order valence-corrected chi connectivity index (χ2v) is 7.89. The lowest BCUT2D eigenvalue weighted by Gasteiger charge is -2.30. The van der Waals surface area contributed by atoms with E-state index >= 15 is 0 Å². The number of nitrogens with zero attached hydrogens (tertiary/aromatic N) is 2. The number of fused-ring (bicyclic) bond motifs is 2. The minimum Gasteiger partial charge on any atom is -0.478 e. The van der Waals surface area contributed by atoms with Gasteiger partial charge in [-0.2, -0.15) is 0 Å². The summed E-state index contributed by atoms with van der Waals surface area (Å²) in [5.74, 6) is -2.06. The molecule has 3 aromatic rings. The number of morpholine rings is 1. The minimum atomic E-state index is -1.15. The van der Waals surface area contributed by atoms with Crippen molar-refractivity contribution in [2.45, 2.75) is 13.0 Å². The Kier molecular flexibility index (Phi) is 5.05. The molecule has 1 aromatic heterocycles. The summed E-state index contributed by atoms with van der Waals surface area (Å²) in [7, 11) is 0. The highest BCUT2D eigenvalue weighted by Crippen LogP contribution is 2.34. The van der Waals surface area contributed by atoms with Crippen LogP contribution in [0.25, 0.3) is 11.0 Å². The molecule has 0 saturated carbocycles. The number of carbonyl (C=O) groups is 1. The topological polar surface area (TPSA) is 83.2 Å². The lowest BCUT2D eigenvalue weighted by Crippen LogP contribution is -2.38. The molecule has 0 spiro atoms. The molecule has 0 radical (unpaired) electrons. The molecular weight excluding hydrogens is 422 g/mol. The molecule has 0 atom stereocenters. The van der Waals surface area contributed by atoms with Gasteiger partial charge in [0.2, 0.25) is 5.88 Å². The van der Waals surface area contributed by atoms with Gasteiger partial charge in [0.15, 0.2) is 5.43 Å². The van der Waals surface area contributed by atoms with Crippen molar-refractivity contribution in [3.8, 4) is 0 Å². The van der Waals surface area contributed by atoms with Gasteiger partial charge < -0.3 is 24.1 Å². The fourth-order valence-electron chi connectivity index (χ4n) is 4.36. The molecule has 32 heavy (non-hydrogen) atoms. The first-order valence-corrected chi connectivity index (χ1v) is 10.3. The van der Waals surface area contributed by atoms with E-state index in [0.29, 0.717) is 62.0 Å². The first-order chi connectivity index (χ1) is 15.4. The maximum absolute atomic E-state index is 14.2. The normalized spacial score (nSPS) is 15.9. The SMILES string of the molecule is O=C(O)c1ccc2oc(N3CCOCC3)c(CN3CCc4c(F)cc(F)cc43)c(=O)c2c1. The van der Waals surface area contributed by atoms with Gasteiger partial charge in [0.25, 0.3) is 0 Å². The number of aromatic carboxylic acids is 1. The smallest absolute Gasteiger partial charge is 0.335 e. The Bertz CT molecular complexity index is 1280. The molecule has 0 aliphatic carbocycles. The van der Waals surface area contributed by atoms with Crippen LogP contribution in [0.1, 0.15) is 21.5 Å². The van der Waals surface area contributed by atoms with Gasteiger partial charge in [0, 0.05) is 37.0 Å². The van der Waals surface area contributed by atoms with Crippen molar-refractivity contribution in [2.75, 3.05) is 42.6 Å². The summed E-state index contributed by atoms with van der Waals surface area (Å²) in [5, 5.41) is 9.47. The lowest BCUT2D eigenvalue weighted by molar-refractivity contribution is 0.0697. The summed E-state index contributed by atoms with van der Waals surface area (Å²) in [6.45, 7) is 2.50. The van der Waals surface area contributed by atoms with Crippen LogP contribution in [0.4, 0.5) is 20.4 Å². The molecule has 3 heterocycles. The number of ether oxygens (including phenoxy) is 1. The first-order valence-electron chi connectivity index (χ1n) is 10.3. The van der Waals surface area contributed by atoms with Crippen LogP contribution in [0.2, 0.25) is 0 Å². The Hall–Kier alpha value is -3.46. The van der Waals surface area contributed by atoms with Gasteiger partial charge in [0.1, 0.15) is 17.2 Å². The van der Waals surface area contributed by atoms with Crippen LogP contribution in [0, 0.1) is 11.6 Å². The number of hydrogen-bond donors (Lipinski definition) is 1. The maximum atomic E-state index is 14.2. The summed E-state index contributed by atoms with van der Waals surface area (Å²) in [5.41, 5.74) is 1.04. The van der Waals surface area contributed by atoms with E-state index < -0.39 is 17.6 Å². The van der Waals surface area contributed by atoms with Crippen LogP contribution in [-0.2, 0) is 17.7 Å². The number of carboxylic acid groups (broad SMARTS) is 1. The molecule has 0 unspecified atom stereocenters. The number of hydrogen-bond acceptors (Lipinski definition) is 6. The molecule has 5 rings (SSSR count). The van der Waals surface area contributed by atoms with Crippen LogP contribution in [0.5, 0.6) is 0 Å². The Morgan fingerprint density at radius 3 is 2.62 bits per heavy atom. The minimum absolute atomic E-state index is 0.0227. The van der Waals surface area contributed by atoms with Gasteiger partial charge in [-0.15, -0.1) is 0 Å². The van der Waals surface area contributed by atoms with E-state index in [0.717, 1.165) is 6.07 Å². The van der Waals surface area contributed by atoms with E-state index in [2.05, 4.69) is 0 Å². The van der Waals surface area contributed by atoms with Crippen LogP contribution in [-0.4, -0.2) is 43.9 Å². The second kappa shape index (κ2) is 7.90. The van der Waals surface area contributed by atoms with E-state index in [-0.39, 0.29) is 28.5 Å². The summed E-state index contributed by atoms with van der Waals surface area (Å²) >= 11 is 0. The zero-order valence-electron chi connectivity index (χ0n) is 17.1. The van der Waals surface area contributed by atoms with Crippen LogP contribution >= 0.6 is 0 Å². The molecule has 2 aliphatic rings. The Morgan fingerprint density at radius 1 is 1.09 bits per heavy atom. The highest BCUT2D eigenvalue weighted by molar-refractivity contribution is 5.93. The van der Waals surface area contributed by atoms with Crippen LogP contribution < -0.4 is 15.2 Å². The summed E-state index contributed by atoms with van der Waals surface area (Å²) in [6, 6.07) is 6.29. The van der Waals surface area contributed by atoms with E-state index in [4.69, 9.17) is 9.15 Å². The Balaban J connectivity index is 1.64. The number of benzene rings is 2. The van der Waals surface area contributed by atoms with E-state index in [1.807, 2.05) is 4.90 Å². The van der Waals surface area contributed by atoms with Crippen molar-refractivity contribution < 1.29 is 27.8 Å². The average molecular weight is 442 g/mol. The lowest BCUT2D eigenvalue weighted by atomic mass is 10.1. The van der Waals surface area contributed by atoms with Gasteiger partial charge in [-0.05, 0) is 30.7 Å². The molecule has 1 N–H and O–H groups in total. The molecule has 2 aromatic carbocycles. The van der Waals surface area contributed by atoms with Crippen molar-refractivity contribution in [3.05, 3.63) is 68.9 Å². The number of carboxylic acids is 1. The summed E-state index contributed by atoms with van der Waals surface area (Å²) in [6.07, 6.45) is 0.399. The Labute approximate surface area is 181 Å². The molecule has 1 fully saturated rings. The molecule has 7 nitrogen and oxygen atoms in total. The Morgan fingerprint density at radius 2 is 1.88 bits per heavy atom. The highest BCUT2D eigenvalue weighted by Gasteiger charge is 2.28. The number of halogens is 2. The first kappa shape index (κ1) is 20.4. The molecule has 0 bridgehead atoms. The number of anilines is 2. The second-order valence-electron chi connectivity index (χ2n) is 7.89. The van der Waals surface area contributed by atoms with Gasteiger partial charge in [-0.1, -0.05) is 0 Å². The van der Waals surface area contributed by atoms with E-state index in [1.165, 1.54) is 24.3 Å². The predicted octanol–water partition coefficient (Wildman–Crippen LogP) is 3.17. The van der Waals surface area contributed by atoms with Gasteiger partial charge in [-0.25, -0.2) is 13.6 Å². The van der Waals surface area contributed by atoms with Crippen LogP contribution in [0.3, 0.4) is 0 Å². The molecule has 0 amide bonds. The summed E-state index contributed by atoms with van der Waals surface area (Å²) in [4.78, 5) is 28.6. The third-order valence-electron chi connectivity index (χ3n) is 5.97. The van der Waals surface area contributed by atoms with E-state index in [9.17, 15) is 23.5 Å². The fraction of sp³-hybridized carbons (Fsp3) is 0.304. The van der Waals surface area contributed by atoms with Crippen LogP contribution in [0.15, 0.2) is 39.5 Å². The van der Waals surface area contributed by atoms with Gasteiger partial charge in [-0.3, -0.25) is 4.79 Å². The highest BCUT2D eigenvalue weighted by atomic mass is 19.1. The zero-order valence-corrected chi connectivity index (χ0v) is 17.1. The standard InChI is InChI=1S/C23H20F2N2O5/c24-14-10-18(25)15-3-4-27(19(15)11-14)12-17-21(28)16-9-13(23(29)30)1-2-20(16)32-22(17)26-5-7-31-8-6-26/h1-2,9-11H,3-8,12H2,(H,29,30). The maximum Gasteiger partial charge on any atom is 0.335 e. The third kappa shape index (κ3) is 3.48. The predicted molar refractivity (Wildman–Crippen MR) is 114 cm³/mol. The third-order valence-corrected chi connectivity index (χ3v) is 5.97.